The van der Waals surface area contributed by atoms with E-state index in [0.29, 0.717) is 24.0 Å². The molecule has 20 heavy (non-hydrogen) atoms. The monoisotopic (exact) mass is 303 g/mol. The Hall–Kier alpha value is -0.320. The van der Waals surface area contributed by atoms with Crippen molar-refractivity contribution >= 4 is 18.3 Å². The molecule has 2 heterocycles. The van der Waals surface area contributed by atoms with Crippen molar-refractivity contribution in [3.63, 3.8) is 0 Å². The molecule has 2 rings (SSSR count). The van der Waals surface area contributed by atoms with Gasteiger partial charge in [-0.25, -0.2) is 0 Å². The molecule has 5 heteroatoms. The number of piperidine rings is 1. The lowest BCUT2D eigenvalue weighted by molar-refractivity contribution is -0.126. The van der Waals surface area contributed by atoms with Crippen molar-refractivity contribution < 1.29 is 4.79 Å². The quantitative estimate of drug-likeness (QED) is 0.833. The van der Waals surface area contributed by atoms with Crippen LogP contribution in [0.15, 0.2) is 0 Å². The molecule has 0 aromatic rings. The van der Waals surface area contributed by atoms with E-state index in [4.69, 9.17) is 0 Å². The average molecular weight is 304 g/mol. The highest BCUT2D eigenvalue weighted by Crippen LogP contribution is 2.21. The molecule has 0 bridgehead atoms. The van der Waals surface area contributed by atoms with Gasteiger partial charge in [-0.05, 0) is 46.1 Å². The van der Waals surface area contributed by atoms with Crippen LogP contribution in [-0.4, -0.2) is 48.6 Å². The number of hydrogen-bond donors (Lipinski definition) is 2. The number of nitrogens with one attached hydrogen (secondary N) is 2. The van der Waals surface area contributed by atoms with Crippen LogP contribution in [-0.2, 0) is 4.79 Å². The zero-order chi connectivity index (χ0) is 14.0. The first-order valence-corrected chi connectivity index (χ1v) is 7.75. The Labute approximate surface area is 129 Å². The molecule has 0 radical (unpaired) electrons. The largest absolute Gasteiger partial charge is 0.352 e. The highest BCUT2D eigenvalue weighted by molar-refractivity contribution is 5.85. The minimum absolute atomic E-state index is 0. The molecule has 2 fully saturated rings. The van der Waals surface area contributed by atoms with E-state index in [1.165, 1.54) is 0 Å². The van der Waals surface area contributed by atoms with Gasteiger partial charge in [0, 0.05) is 37.1 Å². The molecule has 0 saturated carbocycles. The lowest BCUT2D eigenvalue weighted by atomic mass is 9.92. The molecule has 0 spiro atoms. The predicted octanol–water partition coefficient (Wildman–Crippen LogP) is 1.64. The fourth-order valence-corrected chi connectivity index (χ4v) is 3.28. The Kier molecular flexibility index (Phi) is 6.76. The second kappa shape index (κ2) is 7.62. The van der Waals surface area contributed by atoms with Crippen LogP contribution in [0.3, 0.4) is 0 Å². The number of halogens is 1. The van der Waals surface area contributed by atoms with Crippen LogP contribution in [0.5, 0.6) is 0 Å². The molecule has 0 aliphatic carbocycles. The first-order chi connectivity index (χ1) is 8.97. The maximum absolute atomic E-state index is 12.4. The van der Waals surface area contributed by atoms with Crippen molar-refractivity contribution in [2.45, 2.75) is 58.7 Å². The molecule has 2 unspecified atom stereocenters. The molecular formula is C15H30ClN3O. The van der Waals surface area contributed by atoms with Crippen LogP contribution in [0.1, 0.15) is 40.5 Å². The number of rotatable bonds is 3. The highest BCUT2D eigenvalue weighted by Gasteiger charge is 2.34. The summed E-state index contributed by atoms with van der Waals surface area (Å²) in [4.78, 5) is 14.8. The summed E-state index contributed by atoms with van der Waals surface area (Å²) in [5, 5.41) is 6.70. The summed E-state index contributed by atoms with van der Waals surface area (Å²) in [5.74, 6) is 1.04. The van der Waals surface area contributed by atoms with Gasteiger partial charge in [0.2, 0.25) is 5.91 Å². The molecule has 1 amide bonds. The summed E-state index contributed by atoms with van der Waals surface area (Å²) in [6, 6.07) is 1.38. The molecule has 2 N–H and O–H groups in total. The van der Waals surface area contributed by atoms with Crippen molar-refractivity contribution in [1.29, 1.82) is 0 Å². The molecule has 4 atom stereocenters. The van der Waals surface area contributed by atoms with Gasteiger partial charge >= 0.3 is 0 Å². The Morgan fingerprint density at radius 3 is 2.55 bits per heavy atom. The second-order valence-corrected chi connectivity index (χ2v) is 6.72. The summed E-state index contributed by atoms with van der Waals surface area (Å²) in [5.41, 5.74) is 0. The van der Waals surface area contributed by atoms with Crippen LogP contribution in [0.25, 0.3) is 0 Å². The summed E-state index contributed by atoms with van der Waals surface area (Å²) in [6.45, 7) is 11.9. The summed E-state index contributed by atoms with van der Waals surface area (Å²) in [6.07, 6.45) is 1.95. The third-order valence-electron chi connectivity index (χ3n) is 4.69. The molecule has 0 aromatic heterocycles. The molecule has 4 nitrogen and oxygen atoms in total. The first-order valence-electron chi connectivity index (χ1n) is 7.75. The minimum atomic E-state index is 0. The third kappa shape index (κ3) is 4.34. The maximum Gasteiger partial charge on any atom is 0.223 e. The van der Waals surface area contributed by atoms with E-state index < -0.39 is 0 Å². The van der Waals surface area contributed by atoms with Crippen LogP contribution in [0.2, 0.25) is 0 Å². The Morgan fingerprint density at radius 1 is 1.30 bits per heavy atom. The number of hydrogen-bond acceptors (Lipinski definition) is 3. The zero-order valence-electron chi connectivity index (χ0n) is 13.2. The fraction of sp³-hybridized carbons (Fsp3) is 0.933. The predicted molar refractivity (Wildman–Crippen MR) is 85.2 cm³/mol. The van der Waals surface area contributed by atoms with E-state index in [1.807, 2.05) is 0 Å². The Morgan fingerprint density at radius 2 is 2.00 bits per heavy atom. The summed E-state index contributed by atoms with van der Waals surface area (Å²) in [7, 11) is 0. The summed E-state index contributed by atoms with van der Waals surface area (Å²) >= 11 is 0. The average Bonchev–Trinajstić information content (AvgIpc) is 2.71. The van der Waals surface area contributed by atoms with Crippen molar-refractivity contribution in [2.75, 3.05) is 19.6 Å². The van der Waals surface area contributed by atoms with Gasteiger partial charge in [0.1, 0.15) is 0 Å². The Balaban J connectivity index is 0.00000200. The summed E-state index contributed by atoms with van der Waals surface area (Å²) < 4.78 is 0. The SMILES string of the molecule is CC1CN(C(C)C)CC1NC(=O)[C@H]1CCN[C@@H](C)C1.Cl. The van der Waals surface area contributed by atoms with Gasteiger partial charge in [-0.3, -0.25) is 9.69 Å². The lowest BCUT2D eigenvalue weighted by Gasteiger charge is -2.29. The standard InChI is InChI=1S/C15H29N3O.ClH/c1-10(2)18-8-11(3)14(9-18)17-15(19)13-5-6-16-12(4)7-13;/h10-14,16H,5-9H2,1-4H3,(H,17,19);1H/t11?,12-,13-,14?;/m0./s1. The number of carbonyl (C=O) groups excluding carboxylic acids is 1. The van der Waals surface area contributed by atoms with Gasteiger partial charge in [0.05, 0.1) is 0 Å². The molecule has 118 valence electrons. The highest BCUT2D eigenvalue weighted by atomic mass is 35.5. The van der Waals surface area contributed by atoms with Crippen molar-refractivity contribution in [1.82, 2.24) is 15.5 Å². The van der Waals surface area contributed by atoms with Gasteiger partial charge in [0.25, 0.3) is 0 Å². The van der Waals surface area contributed by atoms with Crippen LogP contribution < -0.4 is 10.6 Å². The first kappa shape index (κ1) is 17.7. The maximum atomic E-state index is 12.4. The van der Waals surface area contributed by atoms with E-state index in [-0.39, 0.29) is 24.2 Å². The van der Waals surface area contributed by atoms with E-state index in [9.17, 15) is 4.79 Å². The zero-order valence-corrected chi connectivity index (χ0v) is 14.0. The topological polar surface area (TPSA) is 44.4 Å². The molecule has 2 aliphatic heterocycles. The Bertz CT molecular complexity index is 324. The van der Waals surface area contributed by atoms with E-state index in [1.54, 1.807) is 0 Å². The lowest BCUT2D eigenvalue weighted by Crippen LogP contribution is -2.47. The fourth-order valence-electron chi connectivity index (χ4n) is 3.28. The van der Waals surface area contributed by atoms with Crippen LogP contribution in [0, 0.1) is 11.8 Å². The molecular weight excluding hydrogens is 274 g/mol. The van der Waals surface area contributed by atoms with Crippen molar-refractivity contribution in [3.8, 4) is 0 Å². The smallest absolute Gasteiger partial charge is 0.223 e. The van der Waals surface area contributed by atoms with E-state index >= 15 is 0 Å². The number of nitrogens with zero attached hydrogens (tertiary/aromatic N) is 1. The van der Waals surface area contributed by atoms with Crippen LogP contribution in [0.4, 0.5) is 0 Å². The van der Waals surface area contributed by atoms with Crippen LogP contribution >= 0.6 is 12.4 Å². The number of likely N-dealkylation sites (tertiary alicyclic amines) is 1. The molecule has 0 aromatic carbocycles. The van der Waals surface area contributed by atoms with Gasteiger partial charge in [-0.2, -0.15) is 0 Å². The third-order valence-corrected chi connectivity index (χ3v) is 4.69. The molecule has 2 aliphatic rings. The molecule has 2 saturated heterocycles. The van der Waals surface area contributed by atoms with Gasteiger partial charge < -0.3 is 10.6 Å². The normalized spacial score (nSPS) is 34.9. The number of amides is 1. The second-order valence-electron chi connectivity index (χ2n) is 6.72. The van der Waals surface area contributed by atoms with Gasteiger partial charge in [0.15, 0.2) is 0 Å². The van der Waals surface area contributed by atoms with Gasteiger partial charge in [-0.1, -0.05) is 6.92 Å². The van der Waals surface area contributed by atoms with E-state index in [0.717, 1.165) is 32.5 Å². The minimum Gasteiger partial charge on any atom is -0.352 e. The van der Waals surface area contributed by atoms with Crippen molar-refractivity contribution in [2.24, 2.45) is 11.8 Å². The van der Waals surface area contributed by atoms with E-state index in [2.05, 4.69) is 43.2 Å². The van der Waals surface area contributed by atoms with Gasteiger partial charge in [-0.15, -0.1) is 12.4 Å². The van der Waals surface area contributed by atoms with Crippen molar-refractivity contribution in [3.05, 3.63) is 0 Å². The number of carbonyl (C=O) groups is 1.